The van der Waals surface area contributed by atoms with Gasteiger partial charge in [-0.05, 0) is 56.6 Å². The van der Waals surface area contributed by atoms with E-state index in [1.807, 2.05) is 11.8 Å². The predicted molar refractivity (Wildman–Crippen MR) is 71.2 cm³/mol. The van der Waals surface area contributed by atoms with Crippen molar-refractivity contribution >= 4 is 11.8 Å². The van der Waals surface area contributed by atoms with Crippen LogP contribution in [0.4, 0.5) is 0 Å². The lowest BCUT2D eigenvalue weighted by Gasteiger charge is -2.47. The molecule has 0 radical (unpaired) electrons. The molecular formula is C13H25NOS. The number of ether oxygens (including phenoxy) is 1. The van der Waals surface area contributed by atoms with Crippen LogP contribution in [0.3, 0.4) is 0 Å². The van der Waals surface area contributed by atoms with Crippen LogP contribution < -0.4 is 5.32 Å². The third kappa shape index (κ3) is 3.38. The van der Waals surface area contributed by atoms with E-state index in [1.54, 1.807) is 0 Å². The summed E-state index contributed by atoms with van der Waals surface area (Å²) < 4.78 is 5.93. The monoisotopic (exact) mass is 243 g/mol. The van der Waals surface area contributed by atoms with Crippen molar-refractivity contribution in [2.24, 2.45) is 0 Å². The number of hydrogen-bond donors (Lipinski definition) is 1. The first kappa shape index (κ1) is 12.7. The lowest BCUT2D eigenvalue weighted by atomic mass is 9.74. The van der Waals surface area contributed by atoms with Gasteiger partial charge < -0.3 is 10.1 Å². The fourth-order valence-electron chi connectivity index (χ4n) is 2.75. The van der Waals surface area contributed by atoms with Crippen molar-refractivity contribution in [3.8, 4) is 0 Å². The van der Waals surface area contributed by atoms with Gasteiger partial charge in [0.1, 0.15) is 0 Å². The zero-order valence-corrected chi connectivity index (χ0v) is 11.3. The maximum absolute atomic E-state index is 5.93. The Morgan fingerprint density at radius 2 is 2.31 bits per heavy atom. The van der Waals surface area contributed by atoms with E-state index >= 15 is 0 Å². The van der Waals surface area contributed by atoms with Gasteiger partial charge in [-0.25, -0.2) is 0 Å². The largest absolute Gasteiger partial charge is 0.375 e. The highest BCUT2D eigenvalue weighted by atomic mass is 32.2. The summed E-state index contributed by atoms with van der Waals surface area (Å²) in [5.41, 5.74) is 0.300. The summed E-state index contributed by atoms with van der Waals surface area (Å²) in [7, 11) is 0. The van der Waals surface area contributed by atoms with Crippen LogP contribution in [-0.2, 0) is 4.74 Å². The standard InChI is InChI=1S/C13H25NOS/c1-2-16-10-4-8-14-12-5-9-15-13(11-12)6-3-7-13/h12,14H,2-11H2,1H3. The van der Waals surface area contributed by atoms with E-state index in [9.17, 15) is 0 Å². The van der Waals surface area contributed by atoms with Gasteiger partial charge >= 0.3 is 0 Å². The van der Waals surface area contributed by atoms with Crippen molar-refractivity contribution in [3.05, 3.63) is 0 Å². The lowest BCUT2D eigenvalue weighted by molar-refractivity contribution is -0.135. The maximum Gasteiger partial charge on any atom is 0.0697 e. The molecule has 1 heterocycles. The van der Waals surface area contributed by atoms with Gasteiger partial charge in [0.15, 0.2) is 0 Å². The molecule has 0 bridgehead atoms. The first-order valence-corrected chi connectivity index (χ1v) is 7.95. The molecule has 1 N–H and O–H groups in total. The molecule has 2 rings (SSSR count). The fraction of sp³-hybridized carbons (Fsp3) is 1.00. The summed E-state index contributed by atoms with van der Waals surface area (Å²) >= 11 is 2.05. The van der Waals surface area contributed by atoms with E-state index in [0.717, 1.165) is 12.6 Å². The summed E-state index contributed by atoms with van der Waals surface area (Å²) in [6.45, 7) is 4.39. The van der Waals surface area contributed by atoms with Crippen molar-refractivity contribution in [2.45, 2.75) is 57.1 Å². The summed E-state index contributed by atoms with van der Waals surface area (Å²) in [5.74, 6) is 2.55. The summed E-state index contributed by atoms with van der Waals surface area (Å²) in [6, 6.07) is 0.723. The Morgan fingerprint density at radius 3 is 3.00 bits per heavy atom. The molecule has 1 unspecified atom stereocenters. The highest BCUT2D eigenvalue weighted by Gasteiger charge is 2.42. The van der Waals surface area contributed by atoms with Crippen molar-refractivity contribution in [3.63, 3.8) is 0 Å². The highest BCUT2D eigenvalue weighted by Crippen LogP contribution is 2.42. The number of rotatable bonds is 6. The highest BCUT2D eigenvalue weighted by molar-refractivity contribution is 7.99. The van der Waals surface area contributed by atoms with E-state index < -0.39 is 0 Å². The van der Waals surface area contributed by atoms with Gasteiger partial charge in [-0.15, -0.1) is 0 Å². The Kier molecular flexibility index (Phi) is 4.98. The Balaban J connectivity index is 1.58. The third-order valence-corrected chi connectivity index (χ3v) is 4.85. The van der Waals surface area contributed by atoms with Crippen LogP contribution in [0.25, 0.3) is 0 Å². The number of hydrogen-bond acceptors (Lipinski definition) is 3. The molecule has 1 saturated carbocycles. The van der Waals surface area contributed by atoms with Gasteiger partial charge in [-0.2, -0.15) is 11.8 Å². The molecular weight excluding hydrogens is 218 g/mol. The fourth-order valence-corrected chi connectivity index (χ4v) is 3.38. The minimum Gasteiger partial charge on any atom is -0.375 e. The zero-order valence-electron chi connectivity index (χ0n) is 10.5. The van der Waals surface area contributed by atoms with Crippen molar-refractivity contribution in [2.75, 3.05) is 24.7 Å². The molecule has 1 spiro atoms. The molecule has 1 aliphatic carbocycles. The molecule has 2 nitrogen and oxygen atoms in total. The molecule has 2 fully saturated rings. The quantitative estimate of drug-likeness (QED) is 0.725. The second-order valence-corrected chi connectivity index (χ2v) is 6.47. The molecule has 3 heteroatoms. The molecule has 1 saturated heterocycles. The number of thioether (sulfide) groups is 1. The first-order valence-electron chi connectivity index (χ1n) is 6.80. The molecule has 0 aromatic rings. The second-order valence-electron chi connectivity index (χ2n) is 5.08. The van der Waals surface area contributed by atoms with Crippen LogP contribution in [0.1, 0.15) is 45.4 Å². The topological polar surface area (TPSA) is 21.3 Å². The Hall–Kier alpha value is 0.270. The zero-order chi connectivity index (χ0) is 11.3. The molecule has 94 valence electrons. The van der Waals surface area contributed by atoms with E-state index in [1.165, 1.54) is 56.6 Å². The van der Waals surface area contributed by atoms with Gasteiger partial charge in [0.05, 0.1) is 5.60 Å². The predicted octanol–water partition coefficient (Wildman–Crippen LogP) is 2.82. The normalized spacial score (nSPS) is 27.9. The van der Waals surface area contributed by atoms with Crippen molar-refractivity contribution < 1.29 is 4.74 Å². The molecule has 1 aliphatic heterocycles. The average molecular weight is 243 g/mol. The Labute approximate surface area is 104 Å². The van der Waals surface area contributed by atoms with Gasteiger partial charge in [0, 0.05) is 12.6 Å². The summed E-state index contributed by atoms with van der Waals surface area (Å²) in [6.07, 6.45) is 7.76. The van der Waals surface area contributed by atoms with Gasteiger partial charge in [-0.3, -0.25) is 0 Å². The Bertz CT molecular complexity index is 206. The maximum atomic E-state index is 5.93. The summed E-state index contributed by atoms with van der Waals surface area (Å²) in [5, 5.41) is 3.71. The Morgan fingerprint density at radius 1 is 1.44 bits per heavy atom. The lowest BCUT2D eigenvalue weighted by Crippen LogP contribution is -2.51. The molecule has 2 aliphatic rings. The minimum atomic E-state index is 0.300. The van der Waals surface area contributed by atoms with Crippen LogP contribution in [-0.4, -0.2) is 36.3 Å². The first-order chi connectivity index (χ1) is 7.85. The molecule has 0 amide bonds. The van der Waals surface area contributed by atoms with Crippen LogP contribution in [0, 0.1) is 0 Å². The minimum absolute atomic E-state index is 0.300. The van der Waals surface area contributed by atoms with E-state index in [0.29, 0.717) is 5.60 Å². The molecule has 0 aromatic carbocycles. The van der Waals surface area contributed by atoms with Crippen molar-refractivity contribution in [1.82, 2.24) is 5.32 Å². The van der Waals surface area contributed by atoms with E-state index in [2.05, 4.69) is 12.2 Å². The molecule has 16 heavy (non-hydrogen) atoms. The van der Waals surface area contributed by atoms with Crippen LogP contribution in [0.15, 0.2) is 0 Å². The SMILES string of the molecule is CCSCCCNC1CCOC2(CCC2)C1. The van der Waals surface area contributed by atoms with Crippen LogP contribution in [0.2, 0.25) is 0 Å². The van der Waals surface area contributed by atoms with Gasteiger partial charge in [0.2, 0.25) is 0 Å². The molecule has 1 atom stereocenters. The number of nitrogens with one attached hydrogen (secondary N) is 1. The van der Waals surface area contributed by atoms with E-state index in [4.69, 9.17) is 4.74 Å². The average Bonchev–Trinajstić information content (AvgIpc) is 2.27. The van der Waals surface area contributed by atoms with Crippen LogP contribution >= 0.6 is 11.8 Å². The summed E-state index contributed by atoms with van der Waals surface area (Å²) in [4.78, 5) is 0. The third-order valence-electron chi connectivity index (χ3n) is 3.86. The van der Waals surface area contributed by atoms with Gasteiger partial charge in [-0.1, -0.05) is 6.92 Å². The molecule has 0 aromatic heterocycles. The van der Waals surface area contributed by atoms with Gasteiger partial charge in [0.25, 0.3) is 0 Å². The smallest absolute Gasteiger partial charge is 0.0697 e. The second kappa shape index (κ2) is 6.27. The van der Waals surface area contributed by atoms with Crippen LogP contribution in [0.5, 0.6) is 0 Å². The van der Waals surface area contributed by atoms with Crippen molar-refractivity contribution in [1.29, 1.82) is 0 Å². The van der Waals surface area contributed by atoms with E-state index in [-0.39, 0.29) is 0 Å².